The monoisotopic (exact) mass is 349 g/mol. The summed E-state index contributed by atoms with van der Waals surface area (Å²) in [5.74, 6) is -0.683. The molecule has 7 heteroatoms. The Morgan fingerprint density at radius 3 is 2.36 bits per heavy atom. The number of ether oxygens (including phenoxy) is 2. The van der Waals surface area contributed by atoms with Crippen molar-refractivity contribution >= 4 is 23.6 Å². The number of nitrogens with one attached hydrogen (secondary N) is 1. The van der Waals surface area contributed by atoms with Crippen molar-refractivity contribution in [2.75, 3.05) is 19.5 Å². The van der Waals surface area contributed by atoms with E-state index in [4.69, 9.17) is 9.47 Å². The molecule has 0 heterocycles. The van der Waals surface area contributed by atoms with Crippen LogP contribution in [0.25, 0.3) is 6.08 Å². The largest absolute Gasteiger partial charge is 1.00 e. The van der Waals surface area contributed by atoms with Crippen molar-refractivity contribution in [3.63, 3.8) is 0 Å². The van der Waals surface area contributed by atoms with Gasteiger partial charge in [0.2, 0.25) is 5.91 Å². The van der Waals surface area contributed by atoms with E-state index in [9.17, 15) is 14.7 Å². The fourth-order valence-corrected chi connectivity index (χ4v) is 2.07. The number of anilines is 1. The number of benzene rings is 2. The zero-order valence-corrected chi connectivity index (χ0v) is 16.2. The van der Waals surface area contributed by atoms with Crippen LogP contribution < -0.4 is 49.5 Å². The fourth-order valence-electron chi connectivity index (χ4n) is 2.07. The van der Waals surface area contributed by atoms with Gasteiger partial charge in [0.1, 0.15) is 0 Å². The molecule has 0 fully saturated rings. The molecule has 0 radical (unpaired) electrons. The number of methoxy groups -OCH3 is 2. The number of hydrogen-bond acceptors (Lipinski definition) is 5. The van der Waals surface area contributed by atoms with Gasteiger partial charge in [-0.05, 0) is 29.8 Å². The minimum absolute atomic E-state index is 0. The molecule has 0 saturated heterocycles. The Hall–Kier alpha value is -2.28. The first-order chi connectivity index (χ1) is 11.5. The summed E-state index contributed by atoms with van der Waals surface area (Å²) in [6.07, 6.45) is 2.88. The second-order valence-corrected chi connectivity index (χ2v) is 4.77. The van der Waals surface area contributed by atoms with Crippen molar-refractivity contribution in [1.29, 1.82) is 0 Å². The summed E-state index contributed by atoms with van der Waals surface area (Å²) in [5, 5.41) is 13.5. The van der Waals surface area contributed by atoms with Crippen molar-refractivity contribution in [1.82, 2.24) is 0 Å². The molecule has 124 valence electrons. The average Bonchev–Trinajstić information content (AvgIpc) is 2.59. The number of rotatable bonds is 6. The van der Waals surface area contributed by atoms with Gasteiger partial charge in [-0.15, -0.1) is 0 Å². The molecule has 1 amide bonds. The Bertz CT molecular complexity index is 789. The van der Waals surface area contributed by atoms with E-state index in [2.05, 4.69) is 5.32 Å². The first-order valence-electron chi connectivity index (χ1n) is 7.06. The molecule has 0 aliphatic carbocycles. The summed E-state index contributed by atoms with van der Waals surface area (Å²) < 4.78 is 10.3. The zero-order chi connectivity index (χ0) is 17.5. The standard InChI is InChI=1S/C18H17NO5.Na/c1-23-15-9-7-12(11-16(15)24-2)8-10-17(20)19-14-6-4-3-5-13(14)18(21)22;/h3-11H,1-2H3,(H,19,20)(H,21,22);/q;+1/p-1. The van der Waals surface area contributed by atoms with Crippen LogP contribution in [0.3, 0.4) is 0 Å². The summed E-state index contributed by atoms with van der Waals surface area (Å²) in [6.45, 7) is 0. The second-order valence-electron chi connectivity index (χ2n) is 4.77. The summed E-state index contributed by atoms with van der Waals surface area (Å²) >= 11 is 0. The maximum absolute atomic E-state index is 12.0. The Morgan fingerprint density at radius 2 is 1.72 bits per heavy atom. The van der Waals surface area contributed by atoms with E-state index < -0.39 is 11.9 Å². The van der Waals surface area contributed by atoms with Crippen LogP contribution >= 0.6 is 0 Å². The molecule has 2 aromatic carbocycles. The van der Waals surface area contributed by atoms with Gasteiger partial charge in [0.15, 0.2) is 11.5 Å². The average molecular weight is 349 g/mol. The summed E-state index contributed by atoms with van der Waals surface area (Å²) in [5.41, 5.74) is 0.834. The number of carbonyl (C=O) groups is 2. The molecule has 0 saturated carbocycles. The van der Waals surface area contributed by atoms with Crippen LogP contribution in [0.4, 0.5) is 5.69 Å². The number of hydrogen-bond donors (Lipinski definition) is 1. The van der Waals surface area contributed by atoms with Crippen molar-refractivity contribution in [2.24, 2.45) is 0 Å². The van der Waals surface area contributed by atoms with Crippen LogP contribution in [-0.4, -0.2) is 26.1 Å². The smallest absolute Gasteiger partial charge is 0.545 e. The van der Waals surface area contributed by atoms with E-state index in [-0.39, 0.29) is 40.8 Å². The minimum atomic E-state index is -1.35. The van der Waals surface area contributed by atoms with E-state index in [1.807, 2.05) is 0 Å². The van der Waals surface area contributed by atoms with Crippen molar-refractivity contribution < 1.29 is 53.7 Å². The van der Waals surface area contributed by atoms with E-state index in [0.717, 1.165) is 5.56 Å². The summed E-state index contributed by atoms with van der Waals surface area (Å²) in [6, 6.07) is 11.2. The summed E-state index contributed by atoms with van der Waals surface area (Å²) in [4.78, 5) is 23.0. The van der Waals surface area contributed by atoms with Gasteiger partial charge in [-0.1, -0.05) is 24.3 Å². The Balaban J connectivity index is 0.00000312. The van der Waals surface area contributed by atoms with Crippen LogP contribution in [0.5, 0.6) is 11.5 Å². The van der Waals surface area contributed by atoms with Gasteiger partial charge in [-0.2, -0.15) is 0 Å². The van der Waals surface area contributed by atoms with Crippen LogP contribution in [0.2, 0.25) is 0 Å². The number of amides is 1. The third kappa shape index (κ3) is 5.63. The Labute approximate surface area is 167 Å². The number of para-hydroxylation sites is 1. The van der Waals surface area contributed by atoms with E-state index in [1.54, 1.807) is 36.4 Å². The molecule has 0 bridgehead atoms. The van der Waals surface area contributed by atoms with Gasteiger partial charge >= 0.3 is 29.6 Å². The molecule has 0 aliphatic rings. The van der Waals surface area contributed by atoms with Crippen molar-refractivity contribution in [3.8, 4) is 11.5 Å². The maximum atomic E-state index is 12.0. The predicted octanol–water partition coefficient (Wildman–Crippen LogP) is -1.28. The van der Waals surface area contributed by atoms with Crippen LogP contribution in [-0.2, 0) is 4.79 Å². The summed E-state index contributed by atoms with van der Waals surface area (Å²) in [7, 11) is 3.06. The first kappa shape index (κ1) is 20.8. The van der Waals surface area contributed by atoms with Crippen molar-refractivity contribution in [3.05, 3.63) is 59.7 Å². The molecule has 1 N–H and O–H groups in total. The van der Waals surface area contributed by atoms with Crippen molar-refractivity contribution in [2.45, 2.75) is 0 Å². The zero-order valence-electron chi connectivity index (χ0n) is 14.2. The van der Waals surface area contributed by atoms with Gasteiger partial charge in [0.05, 0.1) is 25.9 Å². The molecule has 2 rings (SSSR count). The normalized spacial score (nSPS) is 10.0. The number of carboxylic acids is 1. The minimum Gasteiger partial charge on any atom is -0.545 e. The fraction of sp³-hybridized carbons (Fsp3) is 0.111. The molecule has 6 nitrogen and oxygen atoms in total. The molecule has 0 aromatic heterocycles. The van der Waals surface area contributed by atoms with Crippen LogP contribution in [0.1, 0.15) is 15.9 Å². The van der Waals surface area contributed by atoms with E-state index in [1.165, 1.54) is 32.4 Å². The molecule has 0 aliphatic heterocycles. The molecule has 2 aromatic rings. The molecule has 0 spiro atoms. The van der Waals surface area contributed by atoms with Crippen LogP contribution in [0, 0.1) is 0 Å². The van der Waals surface area contributed by atoms with Gasteiger partial charge in [-0.25, -0.2) is 0 Å². The number of aromatic carboxylic acids is 1. The Kier molecular flexibility index (Phi) is 8.21. The van der Waals surface area contributed by atoms with Gasteiger partial charge < -0.3 is 24.7 Å². The maximum Gasteiger partial charge on any atom is 1.00 e. The number of carbonyl (C=O) groups excluding carboxylic acids is 2. The van der Waals surface area contributed by atoms with Crippen LogP contribution in [0.15, 0.2) is 48.5 Å². The van der Waals surface area contributed by atoms with Gasteiger partial charge in [-0.3, -0.25) is 4.79 Å². The number of carboxylic acid groups (broad SMARTS) is 1. The molecular weight excluding hydrogens is 333 g/mol. The SMILES string of the molecule is COc1ccc(C=CC(=O)Nc2ccccc2C(=O)[O-])cc1OC.[Na+]. The first-order valence-corrected chi connectivity index (χ1v) is 7.06. The quantitative estimate of drug-likeness (QED) is 0.519. The van der Waals surface area contributed by atoms with Gasteiger partial charge in [0.25, 0.3) is 0 Å². The predicted molar refractivity (Wildman–Crippen MR) is 88.0 cm³/mol. The molecule has 0 atom stereocenters. The molecule has 25 heavy (non-hydrogen) atoms. The van der Waals surface area contributed by atoms with E-state index >= 15 is 0 Å². The molecular formula is C18H16NNaO5. The third-order valence-corrected chi connectivity index (χ3v) is 3.24. The topological polar surface area (TPSA) is 87.7 Å². The van der Waals surface area contributed by atoms with Gasteiger partial charge in [0, 0.05) is 11.6 Å². The Morgan fingerprint density at radius 1 is 1.04 bits per heavy atom. The molecule has 0 unspecified atom stereocenters. The second kappa shape index (κ2) is 9.88. The van der Waals surface area contributed by atoms with E-state index in [0.29, 0.717) is 11.5 Å². The third-order valence-electron chi connectivity index (χ3n) is 3.24.